The Bertz CT molecular complexity index is 1160. The van der Waals surface area contributed by atoms with E-state index in [9.17, 15) is 23.9 Å². The van der Waals surface area contributed by atoms with Gasteiger partial charge in [0.2, 0.25) is 17.7 Å². The van der Waals surface area contributed by atoms with Crippen LogP contribution in [-0.4, -0.2) is 89.1 Å². The van der Waals surface area contributed by atoms with E-state index < -0.39 is 35.6 Å². The molecule has 3 amide bonds. The molecule has 39 heavy (non-hydrogen) atoms. The van der Waals surface area contributed by atoms with E-state index in [2.05, 4.69) is 17.6 Å². The monoisotopic (exact) mass is 539 g/mol. The zero-order valence-corrected chi connectivity index (χ0v) is 22.5. The van der Waals surface area contributed by atoms with Crippen LogP contribution in [0.25, 0.3) is 0 Å². The first-order chi connectivity index (χ1) is 18.8. The number of carbonyl (C=O) groups is 3. The molecule has 210 valence electrons. The maximum absolute atomic E-state index is 13.7. The number of hydrogen-bond acceptors (Lipinski definition) is 6. The highest BCUT2D eigenvalue weighted by molar-refractivity contribution is 6.09. The van der Waals surface area contributed by atoms with Crippen LogP contribution in [0.4, 0.5) is 4.39 Å². The number of rotatable bonds is 6. The molecule has 6 unspecified atom stereocenters. The third kappa shape index (κ3) is 4.52. The summed E-state index contributed by atoms with van der Waals surface area (Å²) < 4.78 is 19.5. The van der Waals surface area contributed by atoms with Gasteiger partial charge >= 0.3 is 0 Å². The number of aliphatic hydroxyl groups is 1. The van der Waals surface area contributed by atoms with Crippen molar-refractivity contribution in [1.82, 2.24) is 14.7 Å². The molecule has 7 aliphatic rings. The van der Waals surface area contributed by atoms with Gasteiger partial charge in [-0.3, -0.25) is 24.2 Å². The summed E-state index contributed by atoms with van der Waals surface area (Å²) in [6.07, 6.45) is 10.1. The van der Waals surface area contributed by atoms with Gasteiger partial charge in [-0.25, -0.2) is 4.39 Å². The smallest absolute Gasteiger partial charge is 0.246 e. The molecule has 0 aromatic carbocycles. The summed E-state index contributed by atoms with van der Waals surface area (Å²) in [5.41, 5.74) is 1.98. The van der Waals surface area contributed by atoms with E-state index >= 15 is 0 Å². The van der Waals surface area contributed by atoms with Crippen LogP contribution in [0, 0.1) is 29.6 Å². The molecular formula is C30H38FN3O5. The molecule has 0 saturated carbocycles. The zero-order valence-electron chi connectivity index (χ0n) is 22.5. The molecule has 1 N–H and O–H groups in total. The van der Waals surface area contributed by atoms with Gasteiger partial charge in [0.1, 0.15) is 12.4 Å². The van der Waals surface area contributed by atoms with Crippen molar-refractivity contribution in [3.05, 3.63) is 48.0 Å². The van der Waals surface area contributed by atoms with Crippen molar-refractivity contribution in [2.45, 2.75) is 56.8 Å². The first-order valence-electron chi connectivity index (χ1n) is 14.3. The number of ether oxygens (including phenoxy) is 1. The first-order valence-corrected chi connectivity index (χ1v) is 14.3. The Morgan fingerprint density at radius 1 is 1.23 bits per heavy atom. The van der Waals surface area contributed by atoms with Crippen molar-refractivity contribution in [1.29, 1.82) is 0 Å². The number of nitrogens with zero attached hydrogens (tertiary/aromatic N) is 3. The summed E-state index contributed by atoms with van der Waals surface area (Å²) >= 11 is 0. The van der Waals surface area contributed by atoms with Crippen molar-refractivity contribution in [2.75, 3.05) is 33.3 Å². The average molecular weight is 540 g/mol. The molecule has 2 aliphatic carbocycles. The number of likely N-dealkylation sites (tertiary alicyclic amines) is 1. The van der Waals surface area contributed by atoms with Gasteiger partial charge in [0.25, 0.3) is 0 Å². The van der Waals surface area contributed by atoms with E-state index in [1.165, 1.54) is 18.2 Å². The lowest BCUT2D eigenvalue weighted by molar-refractivity contribution is -0.146. The van der Waals surface area contributed by atoms with Gasteiger partial charge in [-0.05, 0) is 74.6 Å². The van der Waals surface area contributed by atoms with E-state index in [1.54, 1.807) is 12.0 Å². The predicted molar refractivity (Wildman–Crippen MR) is 141 cm³/mol. The molecule has 8 nitrogen and oxygen atoms in total. The van der Waals surface area contributed by atoms with Gasteiger partial charge in [-0.2, -0.15) is 0 Å². The fourth-order valence-corrected chi connectivity index (χ4v) is 7.98. The van der Waals surface area contributed by atoms with E-state index in [0.29, 0.717) is 37.6 Å². The molecular weight excluding hydrogens is 501 g/mol. The van der Waals surface area contributed by atoms with Crippen molar-refractivity contribution in [3.63, 3.8) is 0 Å². The number of hydrogen-bond donors (Lipinski definition) is 1. The standard InChI is InChI=1S/C30H38FN3O5/c1-3-17-15-32-10-8-18(17)12-26(32)28(36)21-9-11-33(25-7-5-20(39-2)14-23(21)25)27(35)16-34-29(37)22-6-4-19(31)13-24(22)30(34)38/h3-4,6,13,17-18,20-22,24,26,28,36H,1,5,7-12,14-16H2,2H3/t17-,18?,20?,21?,22?,24?,26-,28+/m0/s1. The maximum atomic E-state index is 13.7. The second kappa shape index (κ2) is 10.4. The number of allylic oxidation sites excluding steroid dienone is 3. The number of methoxy groups -OCH3 is 1. The normalized spacial score (nSPS) is 38.5. The Kier molecular flexibility index (Phi) is 7.10. The van der Waals surface area contributed by atoms with E-state index in [0.717, 1.165) is 48.5 Å². The quantitative estimate of drug-likeness (QED) is 0.412. The number of fused-ring (bicyclic) bond motifs is 4. The highest BCUT2D eigenvalue weighted by Gasteiger charge is 2.49. The number of halogens is 1. The van der Waals surface area contributed by atoms with Crippen LogP contribution in [-0.2, 0) is 19.1 Å². The molecule has 5 heterocycles. The minimum atomic E-state index is -0.885. The summed E-state index contributed by atoms with van der Waals surface area (Å²) in [4.78, 5) is 44.6. The molecule has 0 aromatic rings. The largest absolute Gasteiger partial charge is 0.391 e. The lowest BCUT2D eigenvalue weighted by Gasteiger charge is -2.53. The molecule has 0 aromatic heterocycles. The Morgan fingerprint density at radius 2 is 2.03 bits per heavy atom. The summed E-state index contributed by atoms with van der Waals surface area (Å²) in [5.74, 6) is -2.51. The van der Waals surface area contributed by atoms with Gasteiger partial charge < -0.3 is 14.7 Å². The number of carbonyl (C=O) groups excluding carboxylic acids is 3. The van der Waals surface area contributed by atoms with Crippen molar-refractivity contribution >= 4 is 17.7 Å². The molecule has 0 radical (unpaired) electrons. The molecule has 2 bridgehead atoms. The first kappa shape index (κ1) is 26.6. The van der Waals surface area contributed by atoms with Crippen molar-refractivity contribution in [3.8, 4) is 0 Å². The van der Waals surface area contributed by atoms with Gasteiger partial charge in [0.15, 0.2) is 0 Å². The van der Waals surface area contributed by atoms with Gasteiger partial charge in [0.05, 0.1) is 24.0 Å². The zero-order chi connectivity index (χ0) is 27.4. The topological polar surface area (TPSA) is 90.4 Å². The van der Waals surface area contributed by atoms with Gasteiger partial charge in [-0.1, -0.05) is 12.2 Å². The second-order valence-electron chi connectivity index (χ2n) is 12.0. The molecule has 9 heteroatoms. The average Bonchev–Trinajstić information content (AvgIpc) is 3.19. The molecule has 5 aliphatic heterocycles. The highest BCUT2D eigenvalue weighted by atomic mass is 19.1. The lowest BCUT2D eigenvalue weighted by atomic mass is 9.70. The highest BCUT2D eigenvalue weighted by Crippen LogP contribution is 2.45. The van der Waals surface area contributed by atoms with E-state index in [4.69, 9.17) is 4.74 Å². The Labute approximate surface area is 228 Å². The third-order valence-corrected chi connectivity index (χ3v) is 10.1. The molecule has 9 atom stereocenters. The van der Waals surface area contributed by atoms with E-state index in [-0.39, 0.29) is 30.5 Å². The van der Waals surface area contributed by atoms with E-state index in [1.807, 2.05) is 0 Å². The number of aliphatic hydroxyl groups excluding tert-OH is 1. The fourth-order valence-electron chi connectivity index (χ4n) is 7.98. The Hall–Kier alpha value is -2.62. The van der Waals surface area contributed by atoms with Crippen LogP contribution in [0.2, 0.25) is 0 Å². The van der Waals surface area contributed by atoms with Crippen LogP contribution in [0.1, 0.15) is 38.5 Å². The van der Waals surface area contributed by atoms with Crippen molar-refractivity contribution < 1.29 is 28.6 Å². The van der Waals surface area contributed by atoms with Crippen LogP contribution in [0.15, 0.2) is 48.0 Å². The van der Waals surface area contributed by atoms with Gasteiger partial charge in [-0.15, -0.1) is 6.58 Å². The molecule has 7 rings (SSSR count). The Balaban J connectivity index is 1.22. The summed E-state index contributed by atoms with van der Waals surface area (Å²) in [6.45, 7) is 6.02. The minimum absolute atomic E-state index is 0.0279. The van der Waals surface area contributed by atoms with Crippen molar-refractivity contribution in [2.24, 2.45) is 29.6 Å². The maximum Gasteiger partial charge on any atom is 0.246 e. The fraction of sp³-hybridized carbons (Fsp3) is 0.633. The van der Waals surface area contributed by atoms with Gasteiger partial charge in [0, 0.05) is 37.9 Å². The Morgan fingerprint density at radius 3 is 2.74 bits per heavy atom. The van der Waals surface area contributed by atoms with Crippen LogP contribution >= 0.6 is 0 Å². The summed E-state index contributed by atoms with van der Waals surface area (Å²) in [7, 11) is 1.70. The summed E-state index contributed by atoms with van der Waals surface area (Å²) in [6, 6.07) is 0.0913. The molecule has 0 spiro atoms. The number of imide groups is 1. The number of amides is 3. The molecule has 4 fully saturated rings. The minimum Gasteiger partial charge on any atom is -0.391 e. The van der Waals surface area contributed by atoms with Crippen LogP contribution in [0.5, 0.6) is 0 Å². The SMILES string of the molecule is C=C[C@H]1CN2CCC1C[C@H]2[C@H](O)C1CCN(C(=O)CN2C(=O)C3C=CC(F)=CC3C2=O)C2=C1CC(OC)CC2. The summed E-state index contributed by atoms with van der Waals surface area (Å²) in [5, 5.41) is 11.8. The lowest BCUT2D eigenvalue weighted by Crippen LogP contribution is -2.59. The third-order valence-electron chi connectivity index (χ3n) is 10.1. The van der Waals surface area contributed by atoms with Crippen LogP contribution in [0.3, 0.4) is 0 Å². The second-order valence-corrected chi connectivity index (χ2v) is 12.0. The number of piperidine rings is 3. The molecule has 4 saturated heterocycles. The predicted octanol–water partition coefficient (Wildman–Crippen LogP) is 2.57. The van der Waals surface area contributed by atoms with Crippen LogP contribution < -0.4 is 0 Å².